The van der Waals surface area contributed by atoms with Crippen LogP contribution in [0.3, 0.4) is 0 Å². The van der Waals surface area contributed by atoms with Crippen molar-refractivity contribution < 1.29 is 9.53 Å². The molecular formula is C17H23NO2. The van der Waals surface area contributed by atoms with E-state index in [9.17, 15) is 4.79 Å². The van der Waals surface area contributed by atoms with E-state index in [4.69, 9.17) is 4.74 Å². The molecule has 0 aromatic heterocycles. The van der Waals surface area contributed by atoms with E-state index in [1.165, 1.54) is 32.1 Å². The van der Waals surface area contributed by atoms with Crippen LogP contribution in [0.4, 0.5) is 0 Å². The number of likely N-dealkylation sites (tertiary alicyclic amines) is 1. The summed E-state index contributed by atoms with van der Waals surface area (Å²) < 4.78 is 5.61. The van der Waals surface area contributed by atoms with Crippen molar-refractivity contribution in [1.29, 1.82) is 0 Å². The second-order valence-corrected chi connectivity index (χ2v) is 5.94. The molecule has 1 aliphatic carbocycles. The van der Waals surface area contributed by atoms with Crippen LogP contribution >= 0.6 is 0 Å². The van der Waals surface area contributed by atoms with Crippen molar-refractivity contribution in [2.75, 3.05) is 13.2 Å². The Morgan fingerprint density at radius 1 is 1.10 bits per heavy atom. The van der Waals surface area contributed by atoms with Gasteiger partial charge in [-0.05, 0) is 43.7 Å². The molecule has 1 aliphatic heterocycles. The van der Waals surface area contributed by atoms with Crippen molar-refractivity contribution in [1.82, 2.24) is 4.90 Å². The third-order valence-electron chi connectivity index (χ3n) is 4.67. The van der Waals surface area contributed by atoms with Crippen LogP contribution in [0.15, 0.2) is 30.3 Å². The monoisotopic (exact) mass is 273 g/mol. The summed E-state index contributed by atoms with van der Waals surface area (Å²) in [6, 6.07) is 10.1. The Balaban J connectivity index is 1.58. The van der Waals surface area contributed by atoms with Crippen LogP contribution in [-0.4, -0.2) is 30.0 Å². The van der Waals surface area contributed by atoms with Crippen molar-refractivity contribution in [2.45, 2.75) is 44.6 Å². The lowest BCUT2D eigenvalue weighted by molar-refractivity contribution is -0.139. The number of carbonyl (C=O) groups excluding carboxylic acids is 1. The van der Waals surface area contributed by atoms with Crippen LogP contribution in [0.5, 0.6) is 5.75 Å². The predicted octanol–water partition coefficient (Wildman–Crippen LogP) is 3.25. The number of amides is 1. The largest absolute Gasteiger partial charge is 0.484 e. The first-order valence-electron chi connectivity index (χ1n) is 7.82. The zero-order chi connectivity index (χ0) is 13.8. The highest BCUT2D eigenvalue weighted by atomic mass is 16.5. The second kappa shape index (κ2) is 6.29. The molecule has 1 saturated heterocycles. The molecule has 0 unspecified atom stereocenters. The summed E-state index contributed by atoms with van der Waals surface area (Å²) in [6.07, 6.45) is 7.54. The molecule has 108 valence electrons. The normalized spacial score (nSPS) is 25.9. The summed E-state index contributed by atoms with van der Waals surface area (Å²) in [6.45, 7) is 1.09. The van der Waals surface area contributed by atoms with Crippen molar-refractivity contribution in [3.05, 3.63) is 30.3 Å². The minimum Gasteiger partial charge on any atom is -0.484 e. The Bertz CT molecular complexity index is 444. The molecule has 0 spiro atoms. The highest BCUT2D eigenvalue weighted by Gasteiger charge is 2.35. The summed E-state index contributed by atoms with van der Waals surface area (Å²) >= 11 is 0. The quantitative estimate of drug-likeness (QED) is 0.846. The van der Waals surface area contributed by atoms with Gasteiger partial charge in [-0.2, -0.15) is 0 Å². The Morgan fingerprint density at radius 2 is 1.85 bits per heavy atom. The van der Waals surface area contributed by atoms with Crippen molar-refractivity contribution in [3.8, 4) is 5.75 Å². The van der Waals surface area contributed by atoms with E-state index in [1.807, 2.05) is 30.3 Å². The van der Waals surface area contributed by atoms with Gasteiger partial charge in [0.2, 0.25) is 0 Å². The topological polar surface area (TPSA) is 29.5 Å². The third-order valence-corrected chi connectivity index (χ3v) is 4.67. The Hall–Kier alpha value is -1.51. The Morgan fingerprint density at radius 3 is 2.70 bits per heavy atom. The maximum absolute atomic E-state index is 12.4. The predicted molar refractivity (Wildman–Crippen MR) is 78.6 cm³/mol. The molecule has 1 saturated carbocycles. The molecule has 3 rings (SSSR count). The summed E-state index contributed by atoms with van der Waals surface area (Å²) in [7, 11) is 0. The van der Waals surface area contributed by atoms with E-state index < -0.39 is 0 Å². The molecular weight excluding hydrogens is 250 g/mol. The van der Waals surface area contributed by atoms with Gasteiger partial charge in [0.25, 0.3) is 5.91 Å². The smallest absolute Gasteiger partial charge is 0.260 e. The summed E-state index contributed by atoms with van der Waals surface area (Å²) in [5.41, 5.74) is 0. The molecule has 1 aromatic carbocycles. The van der Waals surface area contributed by atoms with E-state index in [0.29, 0.717) is 6.04 Å². The number of nitrogens with zero attached hydrogens (tertiary/aromatic N) is 1. The van der Waals surface area contributed by atoms with E-state index >= 15 is 0 Å². The molecule has 0 N–H and O–H groups in total. The highest BCUT2D eigenvalue weighted by Crippen LogP contribution is 2.35. The standard InChI is InChI=1S/C17H23NO2/c19-17(13-20-15-9-2-1-3-10-15)18-12-6-8-14-7-4-5-11-16(14)18/h1-3,9-10,14,16H,4-8,11-13H2/t14-,16+/m0/s1. The van der Waals surface area contributed by atoms with Crippen LogP contribution in [0.2, 0.25) is 0 Å². The first kappa shape index (κ1) is 13.5. The average Bonchev–Trinajstić information content (AvgIpc) is 2.53. The highest BCUT2D eigenvalue weighted by molar-refractivity contribution is 5.78. The molecule has 3 nitrogen and oxygen atoms in total. The zero-order valence-corrected chi connectivity index (χ0v) is 12.0. The molecule has 0 bridgehead atoms. The van der Waals surface area contributed by atoms with Crippen molar-refractivity contribution in [2.24, 2.45) is 5.92 Å². The molecule has 2 fully saturated rings. The van der Waals surface area contributed by atoms with Gasteiger partial charge in [-0.25, -0.2) is 0 Å². The molecule has 20 heavy (non-hydrogen) atoms. The minimum atomic E-state index is 0.158. The number of ether oxygens (including phenoxy) is 1. The second-order valence-electron chi connectivity index (χ2n) is 5.94. The SMILES string of the molecule is O=C(COc1ccccc1)N1CCC[C@@H]2CCCC[C@H]21. The minimum absolute atomic E-state index is 0.158. The molecule has 1 heterocycles. The van der Waals surface area contributed by atoms with E-state index in [1.54, 1.807) is 0 Å². The Kier molecular flexibility index (Phi) is 4.24. The molecule has 2 atom stereocenters. The van der Waals surface area contributed by atoms with Crippen LogP contribution in [0.25, 0.3) is 0 Å². The van der Waals surface area contributed by atoms with Crippen LogP contribution in [-0.2, 0) is 4.79 Å². The first-order valence-corrected chi connectivity index (χ1v) is 7.82. The molecule has 2 aliphatic rings. The van der Waals surface area contributed by atoms with Gasteiger partial charge in [0.1, 0.15) is 5.75 Å². The molecule has 1 amide bonds. The number of hydrogen-bond acceptors (Lipinski definition) is 2. The van der Waals surface area contributed by atoms with Gasteiger partial charge in [0.05, 0.1) is 0 Å². The van der Waals surface area contributed by atoms with Gasteiger partial charge in [0.15, 0.2) is 6.61 Å². The molecule has 0 radical (unpaired) electrons. The van der Waals surface area contributed by atoms with Crippen molar-refractivity contribution in [3.63, 3.8) is 0 Å². The Labute approximate surface area is 120 Å². The number of piperidine rings is 1. The van der Waals surface area contributed by atoms with Crippen LogP contribution < -0.4 is 4.74 Å². The number of rotatable bonds is 3. The lowest BCUT2D eigenvalue weighted by Gasteiger charge is -2.44. The fourth-order valence-corrected chi connectivity index (χ4v) is 3.68. The summed E-state index contributed by atoms with van der Waals surface area (Å²) in [5, 5.41) is 0. The van der Waals surface area contributed by atoms with Gasteiger partial charge in [-0.15, -0.1) is 0 Å². The van der Waals surface area contributed by atoms with Gasteiger partial charge >= 0.3 is 0 Å². The molecule has 3 heteroatoms. The lowest BCUT2D eigenvalue weighted by Crippen LogP contribution is -2.51. The van der Waals surface area contributed by atoms with E-state index in [2.05, 4.69) is 4.90 Å². The number of benzene rings is 1. The first-order chi connectivity index (χ1) is 9.84. The maximum atomic E-state index is 12.4. The van der Waals surface area contributed by atoms with Crippen LogP contribution in [0, 0.1) is 5.92 Å². The number of carbonyl (C=O) groups is 1. The van der Waals surface area contributed by atoms with E-state index in [0.717, 1.165) is 24.6 Å². The zero-order valence-electron chi connectivity index (χ0n) is 12.0. The van der Waals surface area contributed by atoms with Gasteiger partial charge < -0.3 is 9.64 Å². The fourth-order valence-electron chi connectivity index (χ4n) is 3.68. The number of hydrogen-bond donors (Lipinski definition) is 0. The molecule has 1 aromatic rings. The van der Waals surface area contributed by atoms with Crippen molar-refractivity contribution >= 4 is 5.91 Å². The van der Waals surface area contributed by atoms with Gasteiger partial charge in [-0.1, -0.05) is 31.0 Å². The summed E-state index contributed by atoms with van der Waals surface area (Å²) in [5.74, 6) is 1.67. The number of fused-ring (bicyclic) bond motifs is 1. The average molecular weight is 273 g/mol. The number of para-hydroxylation sites is 1. The van der Waals surface area contributed by atoms with E-state index in [-0.39, 0.29) is 12.5 Å². The lowest BCUT2D eigenvalue weighted by atomic mass is 9.78. The van der Waals surface area contributed by atoms with Gasteiger partial charge in [-0.3, -0.25) is 4.79 Å². The maximum Gasteiger partial charge on any atom is 0.260 e. The van der Waals surface area contributed by atoms with Gasteiger partial charge in [0, 0.05) is 12.6 Å². The summed E-state index contributed by atoms with van der Waals surface area (Å²) in [4.78, 5) is 14.5. The third kappa shape index (κ3) is 2.97. The van der Waals surface area contributed by atoms with Crippen LogP contribution in [0.1, 0.15) is 38.5 Å². The fraction of sp³-hybridized carbons (Fsp3) is 0.588.